The maximum Gasteiger partial charge on any atom is 0.387 e. The number of hydrogen-bond acceptors (Lipinski definition) is 4. The van der Waals surface area contributed by atoms with Crippen molar-refractivity contribution in [3.8, 4) is 16.9 Å². The molecule has 6 nitrogen and oxygen atoms in total. The number of hydrogen-bond donors (Lipinski definition) is 1. The molecule has 0 aliphatic carbocycles. The summed E-state index contributed by atoms with van der Waals surface area (Å²) in [6.45, 7) is -1.17. The van der Waals surface area contributed by atoms with E-state index in [1.807, 2.05) is 28.8 Å². The maximum absolute atomic E-state index is 13.0. The Morgan fingerprint density at radius 3 is 2.69 bits per heavy atom. The lowest BCUT2D eigenvalue weighted by Gasteiger charge is -2.19. The van der Waals surface area contributed by atoms with Gasteiger partial charge in [0.25, 0.3) is 5.56 Å². The molecule has 0 fully saturated rings. The van der Waals surface area contributed by atoms with Crippen molar-refractivity contribution >= 4 is 11.0 Å². The molecule has 0 saturated heterocycles. The molecule has 0 unspecified atom stereocenters. The molecule has 2 aromatic heterocycles. The van der Waals surface area contributed by atoms with Gasteiger partial charge in [-0.15, -0.1) is 0 Å². The largest absolute Gasteiger partial charge is 0.434 e. The molecule has 1 N–H and O–H groups in total. The molecular formula is C24H21F2N3O3. The van der Waals surface area contributed by atoms with Crippen molar-refractivity contribution in [1.82, 2.24) is 14.1 Å². The van der Waals surface area contributed by atoms with Gasteiger partial charge in [-0.25, -0.2) is 4.98 Å². The highest BCUT2D eigenvalue weighted by Gasteiger charge is 2.35. The predicted octanol–water partition coefficient (Wildman–Crippen LogP) is 4.34. The zero-order valence-electron chi connectivity index (χ0n) is 17.5. The first-order chi connectivity index (χ1) is 15.3. The van der Waals surface area contributed by atoms with Gasteiger partial charge >= 0.3 is 6.61 Å². The van der Waals surface area contributed by atoms with Gasteiger partial charge in [0.15, 0.2) is 0 Å². The van der Waals surface area contributed by atoms with Crippen molar-refractivity contribution in [3.63, 3.8) is 0 Å². The van der Waals surface area contributed by atoms with Crippen molar-refractivity contribution in [3.05, 3.63) is 82.0 Å². The van der Waals surface area contributed by atoms with Crippen LogP contribution < -0.4 is 10.3 Å². The molecule has 8 heteroatoms. The molecule has 0 spiro atoms. The first-order valence-electron chi connectivity index (χ1n) is 10.2. The Hall–Kier alpha value is -3.52. The van der Waals surface area contributed by atoms with Gasteiger partial charge in [-0.3, -0.25) is 4.79 Å². The van der Waals surface area contributed by atoms with Crippen molar-refractivity contribution in [2.75, 3.05) is 0 Å². The van der Waals surface area contributed by atoms with Crippen LogP contribution in [0.2, 0.25) is 0 Å². The molecule has 4 aromatic rings. The number of aliphatic hydroxyl groups excluding tert-OH is 1. The predicted molar refractivity (Wildman–Crippen MR) is 116 cm³/mol. The number of fused-ring (bicyclic) bond motifs is 3. The van der Waals surface area contributed by atoms with Crippen LogP contribution in [0.3, 0.4) is 0 Å². The number of aliphatic hydroxyl groups is 1. The van der Waals surface area contributed by atoms with Gasteiger partial charge in [0, 0.05) is 30.8 Å². The van der Waals surface area contributed by atoms with E-state index in [0.717, 1.165) is 16.6 Å². The van der Waals surface area contributed by atoms with E-state index >= 15 is 0 Å². The Bertz CT molecular complexity index is 1370. The monoisotopic (exact) mass is 437 g/mol. The van der Waals surface area contributed by atoms with Gasteiger partial charge < -0.3 is 19.0 Å². The second-order valence-electron chi connectivity index (χ2n) is 8.05. The van der Waals surface area contributed by atoms with Crippen molar-refractivity contribution in [2.24, 2.45) is 7.05 Å². The Kier molecular flexibility index (Phi) is 4.82. The van der Waals surface area contributed by atoms with Crippen LogP contribution in [0.5, 0.6) is 5.75 Å². The van der Waals surface area contributed by atoms with Crippen LogP contribution in [0.25, 0.3) is 22.2 Å². The van der Waals surface area contributed by atoms with Gasteiger partial charge in [0.1, 0.15) is 17.7 Å². The highest BCUT2D eigenvalue weighted by Crippen LogP contribution is 2.44. The lowest BCUT2D eigenvalue weighted by atomic mass is 10.0. The molecule has 1 aliphatic heterocycles. The molecule has 32 heavy (non-hydrogen) atoms. The number of nitrogens with zero attached hydrogens (tertiary/aromatic N) is 3. The fourth-order valence-corrected chi connectivity index (χ4v) is 4.54. The summed E-state index contributed by atoms with van der Waals surface area (Å²) in [7, 11) is 1.71. The van der Waals surface area contributed by atoms with Crippen molar-refractivity contribution in [2.45, 2.75) is 32.1 Å². The summed E-state index contributed by atoms with van der Waals surface area (Å²) in [4.78, 5) is 16.7. The number of para-hydroxylation sites is 1. The van der Waals surface area contributed by atoms with Crippen LogP contribution in [0, 0.1) is 6.92 Å². The smallest absolute Gasteiger partial charge is 0.387 e. The number of pyridine rings is 1. The van der Waals surface area contributed by atoms with Crippen LogP contribution in [0.15, 0.2) is 59.5 Å². The Morgan fingerprint density at radius 1 is 1.16 bits per heavy atom. The van der Waals surface area contributed by atoms with Gasteiger partial charge in [0.2, 0.25) is 0 Å². The van der Waals surface area contributed by atoms with Crippen LogP contribution in [-0.2, 0) is 7.05 Å². The molecule has 5 rings (SSSR count). The summed E-state index contributed by atoms with van der Waals surface area (Å²) >= 11 is 0. The molecule has 2 aromatic carbocycles. The number of alkyl halides is 2. The van der Waals surface area contributed by atoms with Crippen LogP contribution in [0.4, 0.5) is 8.78 Å². The van der Waals surface area contributed by atoms with E-state index in [2.05, 4.69) is 4.98 Å². The van der Waals surface area contributed by atoms with Gasteiger partial charge in [0.05, 0.1) is 17.1 Å². The topological polar surface area (TPSA) is 69.3 Å². The zero-order valence-corrected chi connectivity index (χ0v) is 17.5. The quantitative estimate of drug-likeness (QED) is 0.516. The molecule has 0 saturated carbocycles. The summed E-state index contributed by atoms with van der Waals surface area (Å²) in [6, 6.07) is 13.8. The molecule has 0 bridgehead atoms. The van der Waals surface area contributed by atoms with Gasteiger partial charge in [-0.05, 0) is 42.3 Å². The Balaban J connectivity index is 1.67. The third-order valence-electron chi connectivity index (χ3n) is 5.96. The number of aromatic nitrogens is 3. The minimum absolute atomic E-state index is 0.0566. The van der Waals surface area contributed by atoms with E-state index in [1.165, 1.54) is 6.07 Å². The SMILES string of the molecule is Cc1cc(-c2ccc3nc4n(c3c2)[C@@H](c2ccccc2OC(F)F)C[C@H]4O)cn(C)c1=O. The number of imidazole rings is 1. The molecule has 0 radical (unpaired) electrons. The van der Waals surface area contributed by atoms with E-state index in [0.29, 0.717) is 28.9 Å². The Morgan fingerprint density at radius 2 is 1.94 bits per heavy atom. The van der Waals surface area contributed by atoms with Crippen LogP contribution >= 0.6 is 0 Å². The Labute approximate surface area is 182 Å². The molecule has 1 aliphatic rings. The summed E-state index contributed by atoms with van der Waals surface area (Å²) in [5.41, 5.74) is 4.37. The van der Waals surface area contributed by atoms with Crippen LogP contribution in [0.1, 0.15) is 35.5 Å². The molecule has 0 amide bonds. The number of benzene rings is 2. The standard InChI is InChI=1S/C24H21F2N3O3/c1-13-9-15(12-28(2)23(13)31)14-7-8-17-19(10-14)29-18(11-20(30)22(29)27-17)16-5-3-4-6-21(16)32-24(25)26/h3-10,12,18,20,24,30H,11H2,1-2H3/t18-,20-/m1/s1. The first kappa shape index (κ1) is 20.4. The second-order valence-corrected chi connectivity index (χ2v) is 8.05. The number of halogens is 2. The van der Waals surface area contributed by atoms with E-state index in [9.17, 15) is 18.7 Å². The summed E-state index contributed by atoms with van der Waals surface area (Å²) in [5.74, 6) is 0.574. The van der Waals surface area contributed by atoms with E-state index in [-0.39, 0.29) is 11.3 Å². The van der Waals surface area contributed by atoms with Crippen LogP contribution in [-0.4, -0.2) is 25.8 Å². The maximum atomic E-state index is 13.0. The minimum Gasteiger partial charge on any atom is -0.434 e. The minimum atomic E-state index is -2.94. The fraction of sp³-hybridized carbons (Fsp3) is 0.250. The van der Waals surface area contributed by atoms with Gasteiger partial charge in [-0.2, -0.15) is 8.78 Å². The average Bonchev–Trinajstić information content (AvgIpc) is 3.29. The molecular weight excluding hydrogens is 416 g/mol. The number of ether oxygens (including phenoxy) is 1. The average molecular weight is 437 g/mol. The molecule has 164 valence electrons. The number of rotatable bonds is 4. The lowest BCUT2D eigenvalue weighted by Crippen LogP contribution is -2.18. The number of aryl methyl sites for hydroxylation is 2. The summed E-state index contributed by atoms with van der Waals surface area (Å²) in [6.07, 6.45) is 1.26. The van der Waals surface area contributed by atoms with Gasteiger partial charge in [-0.1, -0.05) is 24.3 Å². The lowest BCUT2D eigenvalue weighted by molar-refractivity contribution is -0.0507. The van der Waals surface area contributed by atoms with E-state index in [4.69, 9.17) is 4.74 Å². The third-order valence-corrected chi connectivity index (χ3v) is 5.96. The molecule has 2 atom stereocenters. The fourth-order valence-electron chi connectivity index (χ4n) is 4.54. The van der Waals surface area contributed by atoms with Crippen molar-refractivity contribution < 1.29 is 18.6 Å². The summed E-state index contributed by atoms with van der Waals surface area (Å²) < 4.78 is 34.1. The zero-order chi connectivity index (χ0) is 22.6. The second kappa shape index (κ2) is 7.56. The third kappa shape index (κ3) is 3.27. The normalized spacial score (nSPS) is 17.8. The van der Waals surface area contributed by atoms with E-state index in [1.54, 1.807) is 42.9 Å². The van der Waals surface area contributed by atoms with Crippen molar-refractivity contribution in [1.29, 1.82) is 0 Å². The first-order valence-corrected chi connectivity index (χ1v) is 10.2. The summed E-state index contributed by atoms with van der Waals surface area (Å²) in [5, 5.41) is 10.7. The molecule has 3 heterocycles. The highest BCUT2D eigenvalue weighted by molar-refractivity contribution is 5.83. The van der Waals surface area contributed by atoms with E-state index < -0.39 is 18.8 Å². The highest BCUT2D eigenvalue weighted by atomic mass is 19.3.